The molecule has 0 fully saturated rings. The van der Waals surface area contributed by atoms with Crippen molar-refractivity contribution in [2.75, 3.05) is 5.32 Å². The largest absolute Gasteiger partial charge is 0.332 e. The van der Waals surface area contributed by atoms with Gasteiger partial charge < -0.3 is 10.1 Å². The number of nitrogens with zero attached hydrogens (tertiary/aromatic N) is 3. The minimum Gasteiger partial charge on any atom is -0.332 e. The summed E-state index contributed by atoms with van der Waals surface area (Å²) in [6, 6.07) is 17.4. The van der Waals surface area contributed by atoms with Crippen molar-refractivity contribution in [1.82, 2.24) is 14.8 Å². The Bertz CT molecular complexity index is 1050. The van der Waals surface area contributed by atoms with E-state index in [1.807, 2.05) is 19.1 Å². The third kappa shape index (κ3) is 4.76. The van der Waals surface area contributed by atoms with Gasteiger partial charge in [0.1, 0.15) is 6.79 Å². The van der Waals surface area contributed by atoms with Gasteiger partial charge in [-0.1, -0.05) is 56.2 Å². The Morgan fingerprint density at radius 1 is 1.10 bits per heavy atom. The van der Waals surface area contributed by atoms with E-state index in [2.05, 4.69) is 84.5 Å². The van der Waals surface area contributed by atoms with Gasteiger partial charge in [0.2, 0.25) is 0 Å². The lowest BCUT2D eigenvalue weighted by molar-refractivity contribution is -0.0979. The predicted molar refractivity (Wildman–Crippen MR) is 126 cm³/mol. The minimum atomic E-state index is 0.268. The molecule has 0 radical (unpaired) electrons. The maximum Gasteiger partial charge on any atom is 0.188 e. The smallest absolute Gasteiger partial charge is 0.188 e. The third-order valence-corrected chi connectivity index (χ3v) is 6.29. The van der Waals surface area contributed by atoms with Gasteiger partial charge in [-0.3, -0.25) is 4.68 Å². The summed E-state index contributed by atoms with van der Waals surface area (Å²) in [5.41, 5.74) is 4.66. The first-order chi connectivity index (χ1) is 14.7. The number of anilines is 2. The molecule has 0 saturated carbocycles. The maximum atomic E-state index is 8.00. The lowest BCUT2D eigenvalue weighted by atomic mass is 9.89. The van der Waals surface area contributed by atoms with Crippen LogP contribution in [0.5, 0.6) is 0 Å². The van der Waals surface area contributed by atoms with Crippen molar-refractivity contribution in [1.29, 1.82) is 0 Å². The summed E-state index contributed by atoms with van der Waals surface area (Å²) in [4.78, 5) is 12.7. The number of fused-ring (bicyclic) bond motifs is 1. The van der Waals surface area contributed by atoms with Gasteiger partial charge in [-0.25, -0.2) is 4.98 Å². The van der Waals surface area contributed by atoms with Crippen molar-refractivity contribution in [2.24, 2.45) is 5.92 Å². The monoisotopic (exact) mass is 420 g/mol. The number of aryl methyl sites for hydroxylation is 1. The number of aromatic nitrogens is 3. The summed E-state index contributed by atoms with van der Waals surface area (Å²) < 4.78 is 3.31. The van der Waals surface area contributed by atoms with Crippen molar-refractivity contribution in [3.8, 4) is 0 Å². The average Bonchev–Trinajstić information content (AvgIpc) is 3.43. The van der Waals surface area contributed by atoms with E-state index in [1.165, 1.54) is 15.8 Å². The van der Waals surface area contributed by atoms with E-state index in [4.69, 9.17) is 9.78 Å². The third-order valence-electron chi connectivity index (χ3n) is 5.35. The molecule has 0 bridgehead atoms. The van der Waals surface area contributed by atoms with Crippen molar-refractivity contribution in [3.63, 3.8) is 0 Å². The van der Waals surface area contributed by atoms with Crippen LogP contribution in [0.3, 0.4) is 0 Å². The number of thiazole rings is 1. The van der Waals surface area contributed by atoms with E-state index in [1.54, 1.807) is 11.3 Å². The van der Waals surface area contributed by atoms with E-state index in [0.29, 0.717) is 5.92 Å². The fourth-order valence-electron chi connectivity index (χ4n) is 3.79. The number of rotatable bonds is 7. The number of hydrogen-bond donors (Lipinski definition) is 1. The van der Waals surface area contributed by atoms with Crippen LogP contribution >= 0.6 is 11.3 Å². The zero-order valence-corrected chi connectivity index (χ0v) is 18.5. The van der Waals surface area contributed by atoms with Crippen LogP contribution in [0.25, 0.3) is 10.2 Å². The summed E-state index contributed by atoms with van der Waals surface area (Å²) in [7, 11) is 0. The molecular weight excluding hydrogens is 392 g/mol. The Kier molecular flexibility index (Phi) is 7.36. The van der Waals surface area contributed by atoms with Gasteiger partial charge in [0, 0.05) is 18.1 Å². The molecule has 5 nitrogen and oxygen atoms in total. The molecule has 2 aromatic carbocycles. The first-order valence-corrected chi connectivity index (χ1v) is 11.0. The molecule has 2 heterocycles. The van der Waals surface area contributed by atoms with Crippen LogP contribution in [0, 0.1) is 12.8 Å². The molecule has 156 valence electrons. The van der Waals surface area contributed by atoms with Gasteiger partial charge in [0.25, 0.3) is 0 Å². The molecule has 4 rings (SSSR count). The summed E-state index contributed by atoms with van der Waals surface area (Å²) in [5, 5.41) is 8.91. The Morgan fingerprint density at radius 3 is 2.47 bits per heavy atom. The summed E-state index contributed by atoms with van der Waals surface area (Å²) in [6.07, 6.45) is 6.19. The second-order valence-electron chi connectivity index (χ2n) is 7.24. The Hall–Kier alpha value is -2.99. The number of carbonyl (C=O) groups excluding carboxylic acids is 1. The molecule has 2 aromatic heterocycles. The molecule has 0 spiro atoms. The van der Waals surface area contributed by atoms with Crippen molar-refractivity contribution < 1.29 is 4.79 Å². The van der Waals surface area contributed by atoms with E-state index in [-0.39, 0.29) is 6.04 Å². The normalized spacial score (nSPS) is 11.9. The lowest BCUT2D eigenvalue weighted by Gasteiger charge is -2.26. The number of carbonyl (C=O) groups is 1. The predicted octanol–water partition coefficient (Wildman–Crippen LogP) is 6.39. The van der Waals surface area contributed by atoms with Gasteiger partial charge in [0.15, 0.2) is 5.13 Å². The summed E-state index contributed by atoms with van der Waals surface area (Å²) >= 11 is 1.69. The highest BCUT2D eigenvalue weighted by atomic mass is 32.1. The molecule has 4 aromatic rings. The van der Waals surface area contributed by atoms with Crippen molar-refractivity contribution >= 4 is 39.2 Å². The first-order valence-electron chi connectivity index (χ1n) is 10.2. The molecule has 0 aliphatic rings. The van der Waals surface area contributed by atoms with Crippen molar-refractivity contribution in [2.45, 2.75) is 39.7 Å². The summed E-state index contributed by atoms with van der Waals surface area (Å²) in [6.45, 7) is 8.63. The standard InChI is InChI=1S/C23H26N4S.CH2O/c1-4-17(5-2)22(27-14-6-13-24-27)18-8-10-19(11-9-18)25-23-26-20-12-7-16(3)15-21(20)28-23;1-2/h6-15,17,22H,4-5H2,1-3H3,(H,25,26);1H2. The van der Waals surface area contributed by atoms with Crippen LogP contribution in [0.4, 0.5) is 10.8 Å². The van der Waals surface area contributed by atoms with Crippen LogP contribution in [0.1, 0.15) is 43.9 Å². The highest BCUT2D eigenvalue weighted by molar-refractivity contribution is 7.22. The Labute approximate surface area is 181 Å². The molecule has 0 aliphatic heterocycles. The van der Waals surface area contributed by atoms with Crippen LogP contribution in [0.15, 0.2) is 60.9 Å². The molecule has 6 heteroatoms. The summed E-state index contributed by atoms with van der Waals surface area (Å²) in [5.74, 6) is 0.561. The van der Waals surface area contributed by atoms with Crippen LogP contribution in [-0.2, 0) is 4.79 Å². The zero-order chi connectivity index (χ0) is 21.5. The van der Waals surface area contributed by atoms with Crippen LogP contribution in [-0.4, -0.2) is 21.6 Å². The molecule has 0 saturated heterocycles. The van der Waals surface area contributed by atoms with Gasteiger partial charge in [0.05, 0.1) is 16.3 Å². The molecule has 1 atom stereocenters. The minimum absolute atomic E-state index is 0.268. The number of benzene rings is 2. The molecule has 0 aliphatic carbocycles. The highest BCUT2D eigenvalue weighted by Gasteiger charge is 2.22. The number of nitrogens with one attached hydrogen (secondary N) is 1. The molecule has 0 amide bonds. The van der Waals surface area contributed by atoms with E-state index in [9.17, 15) is 0 Å². The SMILES string of the molecule is C=O.CCC(CC)C(c1ccc(Nc2nc3ccc(C)cc3s2)cc1)n1cccn1. The van der Waals surface area contributed by atoms with Gasteiger partial charge >= 0.3 is 0 Å². The van der Waals surface area contributed by atoms with E-state index < -0.39 is 0 Å². The quantitative estimate of drug-likeness (QED) is 0.376. The maximum absolute atomic E-state index is 8.00. The second kappa shape index (κ2) is 10.2. The second-order valence-corrected chi connectivity index (χ2v) is 8.28. The zero-order valence-electron chi connectivity index (χ0n) is 17.7. The molecule has 30 heavy (non-hydrogen) atoms. The number of hydrogen-bond acceptors (Lipinski definition) is 5. The first kappa shape index (κ1) is 21.7. The Morgan fingerprint density at radius 2 is 1.83 bits per heavy atom. The highest BCUT2D eigenvalue weighted by Crippen LogP contribution is 2.33. The molecule has 1 N–H and O–H groups in total. The fraction of sp³-hybridized carbons (Fsp3) is 0.292. The molecule has 1 unspecified atom stereocenters. The lowest BCUT2D eigenvalue weighted by Crippen LogP contribution is -2.20. The van der Waals surface area contributed by atoms with Gasteiger partial charge in [-0.15, -0.1) is 0 Å². The average molecular weight is 421 g/mol. The topological polar surface area (TPSA) is 59.8 Å². The van der Waals surface area contributed by atoms with Crippen LogP contribution in [0.2, 0.25) is 0 Å². The Balaban J connectivity index is 0.00000124. The van der Waals surface area contributed by atoms with E-state index >= 15 is 0 Å². The van der Waals surface area contributed by atoms with Gasteiger partial charge in [-0.2, -0.15) is 5.10 Å². The molecular formula is C24H28N4OS. The fourth-order valence-corrected chi connectivity index (χ4v) is 4.78. The van der Waals surface area contributed by atoms with E-state index in [0.717, 1.165) is 29.2 Å². The van der Waals surface area contributed by atoms with Crippen molar-refractivity contribution in [3.05, 3.63) is 72.1 Å². The van der Waals surface area contributed by atoms with Gasteiger partial charge in [-0.05, 0) is 54.3 Å². The van der Waals surface area contributed by atoms with Crippen LogP contribution < -0.4 is 5.32 Å².